The van der Waals surface area contributed by atoms with E-state index in [0.29, 0.717) is 5.82 Å². The van der Waals surface area contributed by atoms with Crippen LogP contribution in [-0.2, 0) is 10.2 Å². The van der Waals surface area contributed by atoms with Crippen LogP contribution in [-0.4, -0.2) is 27.7 Å². The molecule has 0 aliphatic carbocycles. The molecule has 0 amide bonds. The van der Waals surface area contributed by atoms with E-state index in [1.165, 1.54) is 6.07 Å². The maximum absolute atomic E-state index is 10.3. The zero-order valence-corrected chi connectivity index (χ0v) is 9.02. The summed E-state index contributed by atoms with van der Waals surface area (Å²) in [5.41, 5.74) is -0.178. The van der Waals surface area contributed by atoms with E-state index in [4.69, 9.17) is 9.84 Å². The molecule has 0 bridgehead atoms. The van der Waals surface area contributed by atoms with Gasteiger partial charge in [0.1, 0.15) is 5.82 Å². The highest BCUT2D eigenvalue weighted by Crippen LogP contribution is 2.19. The maximum atomic E-state index is 10.3. The fourth-order valence-electron chi connectivity index (χ4n) is 0.920. The third-order valence-electron chi connectivity index (χ3n) is 1.64. The smallest absolute Gasteiger partial charge is 0.341 e. The van der Waals surface area contributed by atoms with Crippen molar-refractivity contribution in [2.24, 2.45) is 0 Å². The van der Waals surface area contributed by atoms with Crippen molar-refractivity contribution >= 4 is 5.97 Å². The number of rotatable bonds is 3. The molecular weight excluding hydrogens is 196 g/mol. The molecule has 0 aromatic carbocycles. The van der Waals surface area contributed by atoms with Crippen LogP contribution in [0.5, 0.6) is 5.88 Å². The van der Waals surface area contributed by atoms with Crippen LogP contribution in [0.25, 0.3) is 0 Å². The Morgan fingerprint density at radius 3 is 2.73 bits per heavy atom. The Morgan fingerprint density at radius 1 is 1.53 bits per heavy atom. The van der Waals surface area contributed by atoms with Crippen LogP contribution in [0.2, 0.25) is 0 Å². The molecule has 1 N–H and O–H groups in total. The monoisotopic (exact) mass is 210 g/mol. The first-order chi connectivity index (χ1) is 6.89. The zero-order valence-electron chi connectivity index (χ0n) is 9.02. The molecular formula is C10H14N2O3. The van der Waals surface area contributed by atoms with Crippen molar-refractivity contribution in [1.29, 1.82) is 0 Å². The fourth-order valence-corrected chi connectivity index (χ4v) is 0.920. The molecule has 0 unspecified atom stereocenters. The van der Waals surface area contributed by atoms with E-state index in [-0.39, 0.29) is 17.9 Å². The SMILES string of the molecule is CC(C)(C)c1nccc(OCC(=O)O)n1. The third kappa shape index (κ3) is 3.53. The van der Waals surface area contributed by atoms with Crippen molar-refractivity contribution < 1.29 is 14.6 Å². The Morgan fingerprint density at radius 2 is 2.20 bits per heavy atom. The Bertz CT molecular complexity index is 358. The first-order valence-electron chi connectivity index (χ1n) is 4.58. The van der Waals surface area contributed by atoms with Crippen LogP contribution in [0.4, 0.5) is 0 Å². The van der Waals surface area contributed by atoms with Crippen molar-refractivity contribution in [2.75, 3.05) is 6.61 Å². The van der Waals surface area contributed by atoms with Gasteiger partial charge in [0, 0.05) is 17.7 Å². The summed E-state index contributed by atoms with van der Waals surface area (Å²) in [5, 5.41) is 8.44. The summed E-state index contributed by atoms with van der Waals surface area (Å²) in [6, 6.07) is 1.54. The minimum absolute atomic E-state index is 0.178. The van der Waals surface area contributed by atoms with Crippen LogP contribution >= 0.6 is 0 Å². The number of ether oxygens (including phenoxy) is 1. The normalized spacial score (nSPS) is 11.1. The summed E-state index contributed by atoms with van der Waals surface area (Å²) in [4.78, 5) is 18.5. The number of hydrogen-bond acceptors (Lipinski definition) is 4. The Hall–Kier alpha value is -1.65. The summed E-state index contributed by atoms with van der Waals surface area (Å²) < 4.78 is 4.95. The molecule has 15 heavy (non-hydrogen) atoms. The minimum atomic E-state index is -1.02. The molecule has 5 nitrogen and oxygen atoms in total. The van der Waals surface area contributed by atoms with Gasteiger partial charge < -0.3 is 9.84 Å². The Kier molecular flexibility index (Phi) is 3.24. The van der Waals surface area contributed by atoms with E-state index < -0.39 is 5.97 Å². The molecule has 0 saturated carbocycles. The lowest BCUT2D eigenvalue weighted by Gasteiger charge is -2.16. The van der Waals surface area contributed by atoms with Crippen molar-refractivity contribution in [1.82, 2.24) is 9.97 Å². The van der Waals surface area contributed by atoms with E-state index in [2.05, 4.69) is 9.97 Å². The molecule has 82 valence electrons. The lowest BCUT2D eigenvalue weighted by molar-refractivity contribution is -0.139. The van der Waals surface area contributed by atoms with Crippen LogP contribution in [0.1, 0.15) is 26.6 Å². The molecule has 0 saturated heterocycles. The standard InChI is InChI=1S/C10H14N2O3/c1-10(2,3)9-11-5-4-7(12-9)15-6-8(13)14/h4-5H,6H2,1-3H3,(H,13,14). The third-order valence-corrected chi connectivity index (χ3v) is 1.64. The van der Waals surface area contributed by atoms with Crippen LogP contribution in [0.3, 0.4) is 0 Å². The second-order valence-corrected chi connectivity index (χ2v) is 4.15. The maximum Gasteiger partial charge on any atom is 0.341 e. The minimum Gasteiger partial charge on any atom is -0.479 e. The van der Waals surface area contributed by atoms with Gasteiger partial charge in [0.15, 0.2) is 6.61 Å². The molecule has 1 rings (SSSR count). The zero-order chi connectivity index (χ0) is 11.5. The van der Waals surface area contributed by atoms with Crippen molar-refractivity contribution in [3.05, 3.63) is 18.1 Å². The van der Waals surface area contributed by atoms with Gasteiger partial charge in [-0.05, 0) is 0 Å². The summed E-state index contributed by atoms with van der Waals surface area (Å²) in [6.07, 6.45) is 1.56. The van der Waals surface area contributed by atoms with E-state index in [1.54, 1.807) is 6.20 Å². The predicted molar refractivity (Wildman–Crippen MR) is 53.9 cm³/mol. The molecule has 1 heterocycles. The largest absolute Gasteiger partial charge is 0.479 e. The Labute approximate surface area is 88.1 Å². The molecule has 0 aliphatic heterocycles. The number of aliphatic carboxylic acids is 1. The van der Waals surface area contributed by atoms with Gasteiger partial charge in [0.05, 0.1) is 0 Å². The topological polar surface area (TPSA) is 72.3 Å². The molecule has 0 spiro atoms. The summed E-state index contributed by atoms with van der Waals surface area (Å²) >= 11 is 0. The van der Waals surface area contributed by atoms with E-state index in [9.17, 15) is 4.79 Å². The lowest BCUT2D eigenvalue weighted by Crippen LogP contribution is -2.17. The van der Waals surface area contributed by atoms with Crippen LogP contribution in [0, 0.1) is 0 Å². The van der Waals surface area contributed by atoms with Crippen LogP contribution < -0.4 is 4.74 Å². The molecule has 1 aromatic heterocycles. The van der Waals surface area contributed by atoms with Gasteiger partial charge >= 0.3 is 5.97 Å². The number of carbonyl (C=O) groups is 1. The van der Waals surface area contributed by atoms with Gasteiger partial charge in [-0.2, -0.15) is 4.98 Å². The predicted octanol–water partition coefficient (Wildman–Crippen LogP) is 1.24. The molecule has 0 aliphatic rings. The first-order valence-corrected chi connectivity index (χ1v) is 4.58. The van der Waals surface area contributed by atoms with Crippen molar-refractivity contribution in [2.45, 2.75) is 26.2 Å². The summed E-state index contributed by atoms with van der Waals surface area (Å²) in [5.74, 6) is -0.103. The quantitative estimate of drug-likeness (QED) is 0.812. The average molecular weight is 210 g/mol. The van der Waals surface area contributed by atoms with Gasteiger partial charge in [0.2, 0.25) is 5.88 Å². The van der Waals surface area contributed by atoms with Crippen molar-refractivity contribution in [3.8, 4) is 5.88 Å². The van der Waals surface area contributed by atoms with E-state index >= 15 is 0 Å². The second-order valence-electron chi connectivity index (χ2n) is 4.15. The van der Waals surface area contributed by atoms with Crippen molar-refractivity contribution in [3.63, 3.8) is 0 Å². The molecule has 0 radical (unpaired) electrons. The fraction of sp³-hybridized carbons (Fsp3) is 0.500. The number of nitrogens with zero attached hydrogens (tertiary/aromatic N) is 2. The first kappa shape index (κ1) is 11.4. The van der Waals surface area contributed by atoms with Gasteiger partial charge in [-0.1, -0.05) is 20.8 Å². The summed E-state index contributed by atoms with van der Waals surface area (Å²) in [7, 11) is 0. The highest BCUT2D eigenvalue weighted by Gasteiger charge is 2.17. The molecule has 0 fully saturated rings. The number of aromatic nitrogens is 2. The number of carboxylic acid groups (broad SMARTS) is 1. The highest BCUT2D eigenvalue weighted by molar-refractivity contribution is 5.68. The Balaban J connectivity index is 2.79. The van der Waals surface area contributed by atoms with Gasteiger partial charge in [-0.15, -0.1) is 0 Å². The van der Waals surface area contributed by atoms with E-state index in [0.717, 1.165) is 0 Å². The molecule has 5 heteroatoms. The van der Waals surface area contributed by atoms with Gasteiger partial charge in [-0.3, -0.25) is 0 Å². The lowest BCUT2D eigenvalue weighted by atomic mass is 9.96. The van der Waals surface area contributed by atoms with Gasteiger partial charge in [-0.25, -0.2) is 9.78 Å². The van der Waals surface area contributed by atoms with Crippen LogP contribution in [0.15, 0.2) is 12.3 Å². The highest BCUT2D eigenvalue weighted by atomic mass is 16.5. The molecule has 1 aromatic rings. The second kappa shape index (κ2) is 4.25. The van der Waals surface area contributed by atoms with E-state index in [1.807, 2.05) is 20.8 Å². The number of carboxylic acids is 1. The molecule has 0 atom stereocenters. The summed E-state index contributed by atoms with van der Waals surface area (Å²) in [6.45, 7) is 5.54. The average Bonchev–Trinajstić information content (AvgIpc) is 2.14. The van der Waals surface area contributed by atoms with Gasteiger partial charge in [0.25, 0.3) is 0 Å². The number of hydrogen-bond donors (Lipinski definition) is 1.